The number of carbonyl (C=O) groups excluding carboxylic acids is 1. The predicted octanol–water partition coefficient (Wildman–Crippen LogP) is 0.452. The summed E-state index contributed by atoms with van der Waals surface area (Å²) in [5, 5.41) is 11.9. The van der Waals surface area contributed by atoms with Gasteiger partial charge in [-0.15, -0.1) is 0 Å². The molecular weight excluding hydrogens is 208 g/mol. The van der Waals surface area contributed by atoms with E-state index in [0.717, 1.165) is 13.0 Å². The molecule has 92 valence electrons. The highest BCUT2D eigenvalue weighted by Crippen LogP contribution is 2.32. The summed E-state index contributed by atoms with van der Waals surface area (Å²) in [6.07, 6.45) is 2.54. The lowest BCUT2D eigenvalue weighted by molar-refractivity contribution is -0.150. The van der Waals surface area contributed by atoms with Gasteiger partial charge in [0.15, 0.2) is 0 Å². The van der Waals surface area contributed by atoms with Crippen LogP contribution in [0.1, 0.15) is 32.6 Å². The highest BCUT2D eigenvalue weighted by molar-refractivity contribution is 5.79. The molecule has 1 heterocycles. The van der Waals surface area contributed by atoms with E-state index in [-0.39, 0.29) is 5.91 Å². The third-order valence-corrected chi connectivity index (χ3v) is 3.49. The van der Waals surface area contributed by atoms with Crippen LogP contribution in [-0.4, -0.2) is 47.6 Å². The molecule has 0 spiro atoms. The number of amides is 1. The summed E-state index contributed by atoms with van der Waals surface area (Å²) in [5.41, 5.74) is -0.742. The minimum absolute atomic E-state index is 0.0395. The molecule has 5 nitrogen and oxygen atoms in total. The molecule has 5 heteroatoms. The summed E-state index contributed by atoms with van der Waals surface area (Å²) >= 11 is 0. The summed E-state index contributed by atoms with van der Waals surface area (Å²) in [6, 6.07) is 0. The molecule has 1 amide bonds. The lowest BCUT2D eigenvalue weighted by Gasteiger charge is -2.33. The molecule has 1 aliphatic heterocycles. The molecule has 2 N–H and O–H groups in total. The van der Waals surface area contributed by atoms with Crippen molar-refractivity contribution >= 4 is 11.9 Å². The Labute approximate surface area is 95.8 Å². The van der Waals surface area contributed by atoms with E-state index >= 15 is 0 Å². The molecule has 1 atom stereocenters. The molecular formula is C11H20N2O3. The summed E-state index contributed by atoms with van der Waals surface area (Å²) in [5.74, 6) is -0.799. The zero-order valence-corrected chi connectivity index (χ0v) is 9.95. The van der Waals surface area contributed by atoms with Crippen molar-refractivity contribution in [2.24, 2.45) is 0 Å². The standard InChI is InChI=1S/C11H20N2O3/c1-3-11(10(15)16)6-4-7-13(11)8-5-9(14)12-2/h3-8H2,1-2H3,(H,12,14)(H,15,16). The first kappa shape index (κ1) is 13.0. The van der Waals surface area contributed by atoms with Gasteiger partial charge in [0.25, 0.3) is 0 Å². The fourth-order valence-corrected chi connectivity index (χ4v) is 2.42. The van der Waals surface area contributed by atoms with Crippen molar-refractivity contribution in [3.8, 4) is 0 Å². The third-order valence-electron chi connectivity index (χ3n) is 3.49. The fourth-order valence-electron chi connectivity index (χ4n) is 2.42. The van der Waals surface area contributed by atoms with Gasteiger partial charge in [-0.1, -0.05) is 6.92 Å². The predicted molar refractivity (Wildman–Crippen MR) is 60.1 cm³/mol. The van der Waals surface area contributed by atoms with Gasteiger partial charge in [-0.05, 0) is 25.8 Å². The maximum atomic E-state index is 11.3. The van der Waals surface area contributed by atoms with Gasteiger partial charge in [0, 0.05) is 20.0 Å². The number of hydrogen-bond donors (Lipinski definition) is 2. The Kier molecular flexibility index (Phi) is 4.29. The van der Waals surface area contributed by atoms with Crippen LogP contribution >= 0.6 is 0 Å². The molecule has 1 rings (SSSR count). The number of aliphatic carboxylic acids is 1. The highest BCUT2D eigenvalue weighted by atomic mass is 16.4. The molecule has 0 radical (unpaired) electrons. The highest BCUT2D eigenvalue weighted by Gasteiger charge is 2.45. The Balaban J connectivity index is 2.64. The van der Waals surface area contributed by atoms with Gasteiger partial charge in [-0.25, -0.2) is 0 Å². The van der Waals surface area contributed by atoms with Crippen LogP contribution in [0.2, 0.25) is 0 Å². The first-order valence-corrected chi connectivity index (χ1v) is 5.76. The van der Waals surface area contributed by atoms with Gasteiger partial charge in [0.05, 0.1) is 0 Å². The number of carboxylic acids is 1. The minimum atomic E-state index is -0.760. The van der Waals surface area contributed by atoms with Crippen LogP contribution in [0.4, 0.5) is 0 Å². The van der Waals surface area contributed by atoms with Crippen molar-refractivity contribution in [2.75, 3.05) is 20.1 Å². The van der Waals surface area contributed by atoms with Crippen LogP contribution < -0.4 is 5.32 Å². The van der Waals surface area contributed by atoms with Crippen LogP contribution in [-0.2, 0) is 9.59 Å². The topological polar surface area (TPSA) is 69.6 Å². The molecule has 0 aromatic heterocycles. The monoisotopic (exact) mass is 228 g/mol. The lowest BCUT2D eigenvalue weighted by Crippen LogP contribution is -2.50. The maximum absolute atomic E-state index is 11.3. The Morgan fingerprint density at radius 3 is 2.69 bits per heavy atom. The molecule has 0 aromatic rings. The van der Waals surface area contributed by atoms with Crippen molar-refractivity contribution in [1.82, 2.24) is 10.2 Å². The largest absolute Gasteiger partial charge is 0.480 e. The van der Waals surface area contributed by atoms with E-state index in [9.17, 15) is 14.7 Å². The van der Waals surface area contributed by atoms with Crippen molar-refractivity contribution in [1.29, 1.82) is 0 Å². The SMILES string of the molecule is CCC1(C(=O)O)CCCN1CCC(=O)NC. The fraction of sp³-hybridized carbons (Fsp3) is 0.818. The molecule has 1 aliphatic rings. The number of likely N-dealkylation sites (tertiary alicyclic amines) is 1. The van der Waals surface area contributed by atoms with Crippen LogP contribution in [0, 0.1) is 0 Å². The van der Waals surface area contributed by atoms with Gasteiger partial charge in [-0.2, -0.15) is 0 Å². The Morgan fingerprint density at radius 2 is 2.19 bits per heavy atom. The van der Waals surface area contributed by atoms with E-state index in [0.29, 0.717) is 25.8 Å². The van der Waals surface area contributed by atoms with Gasteiger partial charge in [-0.3, -0.25) is 14.5 Å². The zero-order chi connectivity index (χ0) is 12.2. The second kappa shape index (κ2) is 5.30. The second-order valence-corrected chi connectivity index (χ2v) is 4.20. The Bertz CT molecular complexity index is 280. The molecule has 1 unspecified atom stereocenters. The number of nitrogens with one attached hydrogen (secondary N) is 1. The van der Waals surface area contributed by atoms with Crippen molar-refractivity contribution in [3.05, 3.63) is 0 Å². The summed E-state index contributed by atoms with van der Waals surface area (Å²) in [7, 11) is 1.59. The maximum Gasteiger partial charge on any atom is 0.324 e. The number of hydrogen-bond acceptors (Lipinski definition) is 3. The molecule has 0 aromatic carbocycles. The van der Waals surface area contributed by atoms with E-state index in [4.69, 9.17) is 0 Å². The molecule has 1 saturated heterocycles. The Hall–Kier alpha value is -1.10. The smallest absolute Gasteiger partial charge is 0.324 e. The van der Waals surface area contributed by atoms with E-state index in [1.54, 1.807) is 7.05 Å². The normalized spacial score (nSPS) is 25.6. The average molecular weight is 228 g/mol. The van der Waals surface area contributed by atoms with Crippen LogP contribution in [0.25, 0.3) is 0 Å². The summed E-state index contributed by atoms with van der Waals surface area (Å²) in [6.45, 7) is 3.20. The summed E-state index contributed by atoms with van der Waals surface area (Å²) < 4.78 is 0. The van der Waals surface area contributed by atoms with E-state index in [2.05, 4.69) is 5.32 Å². The van der Waals surface area contributed by atoms with Crippen LogP contribution in [0.5, 0.6) is 0 Å². The van der Waals surface area contributed by atoms with Gasteiger partial charge in [0.1, 0.15) is 5.54 Å². The molecule has 0 saturated carbocycles. The molecule has 16 heavy (non-hydrogen) atoms. The molecule has 0 bridgehead atoms. The molecule has 0 aliphatic carbocycles. The number of carbonyl (C=O) groups is 2. The number of rotatable bonds is 5. The lowest BCUT2D eigenvalue weighted by atomic mass is 9.93. The minimum Gasteiger partial charge on any atom is -0.480 e. The van der Waals surface area contributed by atoms with Crippen molar-refractivity contribution in [2.45, 2.75) is 38.1 Å². The summed E-state index contributed by atoms with van der Waals surface area (Å²) in [4.78, 5) is 24.4. The van der Waals surface area contributed by atoms with Crippen molar-refractivity contribution < 1.29 is 14.7 Å². The zero-order valence-electron chi connectivity index (χ0n) is 9.95. The quantitative estimate of drug-likeness (QED) is 0.717. The van der Waals surface area contributed by atoms with Gasteiger partial charge < -0.3 is 10.4 Å². The van der Waals surface area contributed by atoms with Gasteiger partial charge >= 0.3 is 5.97 Å². The first-order chi connectivity index (χ1) is 7.56. The molecule has 1 fully saturated rings. The number of nitrogens with zero attached hydrogens (tertiary/aromatic N) is 1. The van der Waals surface area contributed by atoms with Gasteiger partial charge in [0.2, 0.25) is 5.91 Å². The Morgan fingerprint density at radius 1 is 1.50 bits per heavy atom. The van der Waals surface area contributed by atoms with E-state index in [1.807, 2.05) is 11.8 Å². The average Bonchev–Trinajstić information content (AvgIpc) is 2.69. The van der Waals surface area contributed by atoms with E-state index < -0.39 is 11.5 Å². The van der Waals surface area contributed by atoms with Crippen LogP contribution in [0.15, 0.2) is 0 Å². The van der Waals surface area contributed by atoms with E-state index in [1.165, 1.54) is 0 Å². The third kappa shape index (κ3) is 2.35. The first-order valence-electron chi connectivity index (χ1n) is 5.76. The van der Waals surface area contributed by atoms with Crippen LogP contribution in [0.3, 0.4) is 0 Å². The second-order valence-electron chi connectivity index (χ2n) is 4.20. The van der Waals surface area contributed by atoms with Crippen molar-refractivity contribution in [3.63, 3.8) is 0 Å². The number of carboxylic acid groups (broad SMARTS) is 1.